The summed E-state index contributed by atoms with van der Waals surface area (Å²) in [5.41, 5.74) is 1.09. The maximum atomic E-state index is 12.1. The number of anilines is 1. The molecule has 0 unspecified atom stereocenters. The molecule has 0 aliphatic heterocycles. The van der Waals surface area contributed by atoms with Gasteiger partial charge in [-0.1, -0.05) is 13.0 Å². The monoisotopic (exact) mass is 290 g/mol. The molecule has 1 heterocycles. The molecule has 2 aromatic rings. The van der Waals surface area contributed by atoms with Gasteiger partial charge in [-0.3, -0.25) is 19.2 Å². The third kappa shape index (κ3) is 3.13. The highest BCUT2D eigenvalue weighted by atomic mass is 16.6. The third-order valence-electron chi connectivity index (χ3n) is 3.26. The van der Waals surface area contributed by atoms with Crippen LogP contribution in [0.3, 0.4) is 0 Å². The third-order valence-corrected chi connectivity index (χ3v) is 3.26. The number of nitro groups is 1. The molecule has 0 aliphatic rings. The highest BCUT2D eigenvalue weighted by Gasteiger charge is 2.14. The second-order valence-electron chi connectivity index (χ2n) is 4.76. The summed E-state index contributed by atoms with van der Waals surface area (Å²) in [6.07, 6.45) is 4.32. The lowest BCUT2D eigenvalue weighted by Crippen LogP contribution is -2.24. The standard InChI is InChI=1S/C14H18N4O3/c1-3-6-16-7-8-17(14(16)19)10-11-4-5-12(15-2)13(9-11)18(20)21/h4-5,7-9,15H,3,6,10H2,1-2H3. The molecule has 21 heavy (non-hydrogen) atoms. The molecule has 0 bridgehead atoms. The number of nitro benzene ring substituents is 1. The van der Waals surface area contributed by atoms with Crippen LogP contribution in [-0.2, 0) is 13.1 Å². The Labute approximate surface area is 122 Å². The molecule has 2 rings (SSSR count). The summed E-state index contributed by atoms with van der Waals surface area (Å²) in [6.45, 7) is 2.99. The highest BCUT2D eigenvalue weighted by Crippen LogP contribution is 2.25. The van der Waals surface area contributed by atoms with Gasteiger partial charge in [0.2, 0.25) is 0 Å². The first kappa shape index (κ1) is 14.8. The minimum absolute atomic E-state index is 0.0102. The van der Waals surface area contributed by atoms with E-state index in [0.717, 1.165) is 12.0 Å². The first-order valence-electron chi connectivity index (χ1n) is 6.77. The van der Waals surface area contributed by atoms with Crippen LogP contribution in [0.4, 0.5) is 11.4 Å². The molecule has 0 atom stereocenters. The van der Waals surface area contributed by atoms with Crippen LogP contribution in [0.2, 0.25) is 0 Å². The van der Waals surface area contributed by atoms with Gasteiger partial charge >= 0.3 is 5.69 Å². The van der Waals surface area contributed by atoms with E-state index in [1.165, 1.54) is 6.07 Å². The number of imidazole rings is 1. The quantitative estimate of drug-likeness (QED) is 0.652. The van der Waals surface area contributed by atoms with Gasteiger partial charge in [0.15, 0.2) is 0 Å². The van der Waals surface area contributed by atoms with Crippen molar-refractivity contribution in [2.24, 2.45) is 0 Å². The predicted molar refractivity (Wildman–Crippen MR) is 80.7 cm³/mol. The van der Waals surface area contributed by atoms with E-state index >= 15 is 0 Å². The van der Waals surface area contributed by atoms with Crippen LogP contribution in [0, 0.1) is 10.1 Å². The molecule has 0 saturated heterocycles. The van der Waals surface area contributed by atoms with Gasteiger partial charge in [-0.05, 0) is 18.1 Å². The number of hydrogen-bond acceptors (Lipinski definition) is 4. The number of hydrogen-bond donors (Lipinski definition) is 1. The molecule has 0 spiro atoms. The van der Waals surface area contributed by atoms with Crippen molar-refractivity contribution in [2.45, 2.75) is 26.4 Å². The van der Waals surface area contributed by atoms with E-state index in [1.807, 2.05) is 6.92 Å². The Hall–Kier alpha value is -2.57. The second-order valence-corrected chi connectivity index (χ2v) is 4.76. The fraction of sp³-hybridized carbons (Fsp3) is 0.357. The Morgan fingerprint density at radius 2 is 2.00 bits per heavy atom. The lowest BCUT2D eigenvalue weighted by Gasteiger charge is -2.06. The van der Waals surface area contributed by atoms with E-state index in [-0.39, 0.29) is 11.4 Å². The number of benzene rings is 1. The van der Waals surface area contributed by atoms with Crippen molar-refractivity contribution in [1.29, 1.82) is 0 Å². The lowest BCUT2D eigenvalue weighted by atomic mass is 10.1. The van der Waals surface area contributed by atoms with Gasteiger partial charge in [0.05, 0.1) is 11.5 Å². The molecule has 1 aromatic heterocycles. The zero-order valence-corrected chi connectivity index (χ0v) is 12.1. The first-order valence-corrected chi connectivity index (χ1v) is 6.77. The minimum atomic E-state index is -0.430. The Kier molecular flexibility index (Phi) is 4.42. The lowest BCUT2D eigenvalue weighted by molar-refractivity contribution is -0.384. The summed E-state index contributed by atoms with van der Waals surface area (Å²) >= 11 is 0. The van der Waals surface area contributed by atoms with Gasteiger partial charge in [0.1, 0.15) is 5.69 Å². The van der Waals surface area contributed by atoms with Crippen LogP contribution in [0.15, 0.2) is 35.4 Å². The second kappa shape index (κ2) is 6.25. The first-order chi connectivity index (χ1) is 10.1. The van der Waals surface area contributed by atoms with Crippen molar-refractivity contribution in [3.05, 3.63) is 56.8 Å². The average molecular weight is 290 g/mol. The van der Waals surface area contributed by atoms with Gasteiger partial charge in [0.25, 0.3) is 5.69 Å². The van der Waals surface area contributed by atoms with Crippen LogP contribution in [0.5, 0.6) is 0 Å². The van der Waals surface area contributed by atoms with E-state index in [2.05, 4.69) is 5.32 Å². The topological polar surface area (TPSA) is 82.1 Å². The Balaban J connectivity index is 2.30. The molecule has 1 aromatic carbocycles. The summed E-state index contributed by atoms with van der Waals surface area (Å²) in [5.74, 6) is 0. The van der Waals surface area contributed by atoms with Gasteiger partial charge in [-0.15, -0.1) is 0 Å². The fourth-order valence-electron chi connectivity index (χ4n) is 2.22. The molecule has 0 fully saturated rings. The fourth-order valence-corrected chi connectivity index (χ4v) is 2.22. The van der Waals surface area contributed by atoms with E-state index in [9.17, 15) is 14.9 Å². The summed E-state index contributed by atoms with van der Waals surface area (Å²) in [4.78, 5) is 22.7. The molecule has 1 N–H and O–H groups in total. The smallest absolute Gasteiger partial charge is 0.328 e. The van der Waals surface area contributed by atoms with Crippen LogP contribution in [0.25, 0.3) is 0 Å². The van der Waals surface area contributed by atoms with Gasteiger partial charge in [-0.2, -0.15) is 0 Å². The largest absolute Gasteiger partial charge is 0.383 e. The number of nitrogens with one attached hydrogen (secondary N) is 1. The van der Waals surface area contributed by atoms with Gasteiger partial charge < -0.3 is 5.32 Å². The molecule has 7 nitrogen and oxygen atoms in total. The van der Waals surface area contributed by atoms with Crippen molar-refractivity contribution in [3.63, 3.8) is 0 Å². The van der Waals surface area contributed by atoms with Crippen molar-refractivity contribution < 1.29 is 4.92 Å². The minimum Gasteiger partial charge on any atom is -0.383 e. The van der Waals surface area contributed by atoms with Crippen molar-refractivity contribution >= 4 is 11.4 Å². The van der Waals surface area contributed by atoms with Gasteiger partial charge in [0, 0.05) is 32.1 Å². The van der Waals surface area contributed by atoms with Crippen LogP contribution in [-0.4, -0.2) is 21.1 Å². The summed E-state index contributed by atoms with van der Waals surface area (Å²) in [5, 5.41) is 13.8. The Bertz CT molecular complexity index is 702. The van der Waals surface area contributed by atoms with Crippen molar-refractivity contribution in [3.8, 4) is 0 Å². The van der Waals surface area contributed by atoms with E-state index in [1.54, 1.807) is 40.7 Å². The zero-order chi connectivity index (χ0) is 15.4. The molecule has 0 saturated carbocycles. The average Bonchev–Trinajstić information content (AvgIpc) is 2.80. The number of nitrogens with zero attached hydrogens (tertiary/aromatic N) is 3. The summed E-state index contributed by atoms with van der Waals surface area (Å²) in [7, 11) is 1.64. The molecular weight excluding hydrogens is 272 g/mol. The van der Waals surface area contributed by atoms with Crippen molar-refractivity contribution in [2.75, 3.05) is 12.4 Å². The van der Waals surface area contributed by atoms with E-state index in [0.29, 0.717) is 18.8 Å². The normalized spacial score (nSPS) is 10.6. The van der Waals surface area contributed by atoms with E-state index < -0.39 is 4.92 Å². The molecule has 112 valence electrons. The maximum absolute atomic E-state index is 12.1. The molecule has 0 aliphatic carbocycles. The molecular formula is C14H18N4O3. The molecule has 0 amide bonds. The molecule has 7 heteroatoms. The van der Waals surface area contributed by atoms with Crippen molar-refractivity contribution in [1.82, 2.24) is 9.13 Å². The maximum Gasteiger partial charge on any atom is 0.328 e. The predicted octanol–water partition coefficient (Wildman–Crippen LogP) is 2.06. The van der Waals surface area contributed by atoms with Crippen LogP contribution in [0.1, 0.15) is 18.9 Å². The zero-order valence-electron chi connectivity index (χ0n) is 12.1. The number of rotatable bonds is 6. The van der Waals surface area contributed by atoms with Gasteiger partial charge in [-0.25, -0.2) is 4.79 Å². The van der Waals surface area contributed by atoms with Crippen LogP contribution >= 0.6 is 0 Å². The Morgan fingerprint density at radius 3 is 2.62 bits per heavy atom. The van der Waals surface area contributed by atoms with E-state index in [4.69, 9.17) is 0 Å². The highest BCUT2D eigenvalue weighted by molar-refractivity contribution is 5.62. The number of aromatic nitrogens is 2. The summed E-state index contributed by atoms with van der Waals surface area (Å²) in [6, 6.07) is 4.93. The van der Waals surface area contributed by atoms with Crippen LogP contribution < -0.4 is 11.0 Å². The summed E-state index contributed by atoms with van der Waals surface area (Å²) < 4.78 is 3.18. The number of aryl methyl sites for hydroxylation is 1. The SMILES string of the molecule is CCCn1ccn(Cc2ccc(NC)c([N+](=O)[O-])c2)c1=O. The molecule has 0 radical (unpaired) electrons. The Morgan fingerprint density at radius 1 is 1.29 bits per heavy atom.